The van der Waals surface area contributed by atoms with E-state index in [0.29, 0.717) is 21.4 Å². The van der Waals surface area contributed by atoms with Gasteiger partial charge in [0.25, 0.3) is 10.0 Å². The predicted octanol–water partition coefficient (Wildman–Crippen LogP) is 2.96. The molecule has 0 radical (unpaired) electrons. The van der Waals surface area contributed by atoms with E-state index in [0.717, 1.165) is 0 Å². The highest BCUT2D eigenvalue weighted by Gasteiger charge is 2.18. The van der Waals surface area contributed by atoms with Crippen molar-refractivity contribution in [1.82, 2.24) is 9.97 Å². The molecule has 0 spiro atoms. The Bertz CT molecular complexity index is 1000. The van der Waals surface area contributed by atoms with E-state index in [1.54, 1.807) is 42.7 Å². The topological polar surface area (TPSA) is 101 Å². The molecule has 0 fully saturated rings. The number of pyridine rings is 1. The van der Waals surface area contributed by atoms with Gasteiger partial charge in [0.2, 0.25) is 5.91 Å². The molecule has 0 saturated heterocycles. The Morgan fingerprint density at radius 3 is 2.56 bits per heavy atom. The minimum atomic E-state index is -3.73. The number of hydrogen-bond acceptors (Lipinski definition) is 6. The molecule has 2 heterocycles. The van der Waals surface area contributed by atoms with Crippen molar-refractivity contribution in [2.45, 2.75) is 11.8 Å². The number of carbonyl (C=O) groups is 1. The highest BCUT2D eigenvalue weighted by atomic mass is 32.2. The molecule has 1 amide bonds. The van der Waals surface area contributed by atoms with E-state index in [9.17, 15) is 13.2 Å². The minimum absolute atomic E-state index is 0.160. The molecule has 2 aromatic heterocycles. The molecule has 0 aliphatic rings. The summed E-state index contributed by atoms with van der Waals surface area (Å²) in [5, 5.41) is 3.01. The van der Waals surface area contributed by atoms with Crippen molar-refractivity contribution in [2.24, 2.45) is 0 Å². The highest BCUT2D eigenvalue weighted by Crippen LogP contribution is 2.33. The van der Waals surface area contributed by atoms with E-state index in [2.05, 4.69) is 20.0 Å². The van der Waals surface area contributed by atoms with Gasteiger partial charge < -0.3 is 5.32 Å². The van der Waals surface area contributed by atoms with Gasteiger partial charge in [-0.2, -0.15) is 0 Å². The first-order valence-corrected chi connectivity index (χ1v) is 9.52. The number of amides is 1. The van der Waals surface area contributed by atoms with Crippen molar-refractivity contribution in [3.63, 3.8) is 0 Å². The minimum Gasteiger partial charge on any atom is -0.302 e. The van der Waals surface area contributed by atoms with Gasteiger partial charge in [0.15, 0.2) is 5.13 Å². The molecule has 9 heteroatoms. The Morgan fingerprint density at radius 2 is 1.84 bits per heavy atom. The van der Waals surface area contributed by atoms with Gasteiger partial charge in [-0.15, -0.1) is 0 Å². The van der Waals surface area contributed by atoms with Crippen LogP contribution in [0.3, 0.4) is 0 Å². The zero-order chi connectivity index (χ0) is 17.9. The number of nitrogens with zero attached hydrogens (tertiary/aromatic N) is 2. The third kappa shape index (κ3) is 4.01. The molecular formula is C16H14N4O3S2. The molecular weight excluding hydrogens is 360 g/mol. The summed E-state index contributed by atoms with van der Waals surface area (Å²) in [6, 6.07) is 11.3. The second-order valence-electron chi connectivity index (χ2n) is 5.03. The Labute approximate surface area is 148 Å². The summed E-state index contributed by atoms with van der Waals surface area (Å²) in [7, 11) is -3.73. The van der Waals surface area contributed by atoms with Gasteiger partial charge in [-0.3, -0.25) is 14.5 Å². The first-order valence-electron chi connectivity index (χ1n) is 7.22. The van der Waals surface area contributed by atoms with Crippen LogP contribution in [0.4, 0.5) is 10.8 Å². The Balaban J connectivity index is 1.94. The maximum absolute atomic E-state index is 12.5. The SMILES string of the molecule is CC(=O)Nc1ncc(-c2ncccc2NS(=O)(=O)c2ccccc2)s1. The lowest BCUT2D eigenvalue weighted by atomic mass is 10.3. The van der Waals surface area contributed by atoms with Gasteiger partial charge in [-0.25, -0.2) is 13.4 Å². The summed E-state index contributed by atoms with van der Waals surface area (Å²) < 4.78 is 27.6. The molecule has 0 aliphatic heterocycles. The van der Waals surface area contributed by atoms with Crippen molar-refractivity contribution >= 4 is 38.1 Å². The monoisotopic (exact) mass is 374 g/mol. The van der Waals surface area contributed by atoms with E-state index in [1.807, 2.05) is 0 Å². The molecule has 0 atom stereocenters. The summed E-state index contributed by atoms with van der Waals surface area (Å²) in [4.78, 5) is 20.3. The molecule has 3 rings (SSSR count). The lowest BCUT2D eigenvalue weighted by Gasteiger charge is -2.10. The summed E-state index contributed by atoms with van der Waals surface area (Å²) in [5.41, 5.74) is 0.778. The van der Waals surface area contributed by atoms with Crippen LogP contribution >= 0.6 is 11.3 Å². The second kappa shape index (κ2) is 6.99. The number of carbonyl (C=O) groups excluding carboxylic acids is 1. The second-order valence-corrected chi connectivity index (χ2v) is 7.74. The molecule has 1 aromatic carbocycles. The van der Waals surface area contributed by atoms with Crippen LogP contribution in [0.1, 0.15) is 6.92 Å². The molecule has 0 unspecified atom stereocenters. The first-order chi connectivity index (χ1) is 12.0. The van der Waals surface area contributed by atoms with Crippen molar-refractivity contribution in [2.75, 3.05) is 10.0 Å². The van der Waals surface area contributed by atoms with E-state index < -0.39 is 10.0 Å². The van der Waals surface area contributed by atoms with Gasteiger partial charge in [-0.05, 0) is 24.3 Å². The average molecular weight is 374 g/mol. The van der Waals surface area contributed by atoms with Crippen LogP contribution in [0, 0.1) is 0 Å². The fourth-order valence-electron chi connectivity index (χ4n) is 2.08. The van der Waals surface area contributed by atoms with Crippen LogP contribution in [0.15, 0.2) is 59.8 Å². The molecule has 3 aromatic rings. The first kappa shape index (κ1) is 17.1. The number of thiazole rings is 1. The fourth-order valence-corrected chi connectivity index (χ4v) is 4.04. The van der Waals surface area contributed by atoms with E-state index >= 15 is 0 Å². The zero-order valence-electron chi connectivity index (χ0n) is 13.1. The third-order valence-corrected chi connectivity index (χ3v) is 5.43. The highest BCUT2D eigenvalue weighted by molar-refractivity contribution is 7.92. The molecule has 25 heavy (non-hydrogen) atoms. The van der Waals surface area contributed by atoms with Crippen LogP contribution < -0.4 is 10.0 Å². The maximum atomic E-state index is 12.5. The van der Waals surface area contributed by atoms with Gasteiger partial charge in [-0.1, -0.05) is 29.5 Å². The third-order valence-electron chi connectivity index (χ3n) is 3.13. The average Bonchev–Trinajstić information content (AvgIpc) is 3.03. The van der Waals surface area contributed by atoms with Crippen molar-refractivity contribution < 1.29 is 13.2 Å². The molecule has 7 nitrogen and oxygen atoms in total. The lowest BCUT2D eigenvalue weighted by Crippen LogP contribution is -2.13. The number of benzene rings is 1. The molecule has 128 valence electrons. The Morgan fingerprint density at radius 1 is 1.08 bits per heavy atom. The largest absolute Gasteiger partial charge is 0.302 e. The standard InChI is InChI=1S/C16H14N4O3S2/c1-11(21)19-16-18-10-14(24-16)15-13(8-5-9-17-15)20-25(22,23)12-6-3-2-4-7-12/h2-10,20H,1H3,(H,18,19,21). The van der Waals surface area contributed by atoms with Crippen LogP contribution in [0.25, 0.3) is 10.6 Å². The number of nitrogens with one attached hydrogen (secondary N) is 2. The molecule has 0 bridgehead atoms. The number of rotatable bonds is 5. The smallest absolute Gasteiger partial charge is 0.261 e. The summed E-state index contributed by atoms with van der Waals surface area (Å²) in [5.74, 6) is -0.230. The Hall–Kier alpha value is -2.78. The van der Waals surface area contributed by atoms with Crippen LogP contribution in [0.2, 0.25) is 0 Å². The predicted molar refractivity (Wildman–Crippen MR) is 96.9 cm³/mol. The van der Waals surface area contributed by atoms with Crippen LogP contribution in [-0.4, -0.2) is 24.3 Å². The van der Waals surface area contributed by atoms with E-state index in [4.69, 9.17) is 0 Å². The van der Waals surface area contributed by atoms with Gasteiger partial charge in [0.05, 0.1) is 15.5 Å². The molecule has 0 aliphatic carbocycles. The number of anilines is 2. The number of sulfonamides is 1. The van der Waals surface area contributed by atoms with Gasteiger partial charge in [0.1, 0.15) is 5.69 Å². The van der Waals surface area contributed by atoms with Crippen molar-refractivity contribution in [1.29, 1.82) is 0 Å². The van der Waals surface area contributed by atoms with Gasteiger partial charge >= 0.3 is 0 Å². The fraction of sp³-hybridized carbons (Fsp3) is 0.0625. The molecule has 0 saturated carbocycles. The summed E-state index contributed by atoms with van der Waals surface area (Å²) in [6.07, 6.45) is 3.10. The Kier molecular flexibility index (Phi) is 4.77. The molecule has 2 N–H and O–H groups in total. The number of aromatic nitrogens is 2. The maximum Gasteiger partial charge on any atom is 0.261 e. The summed E-state index contributed by atoms with van der Waals surface area (Å²) in [6.45, 7) is 1.39. The lowest BCUT2D eigenvalue weighted by molar-refractivity contribution is -0.114. The van der Waals surface area contributed by atoms with E-state index in [-0.39, 0.29) is 10.8 Å². The van der Waals surface area contributed by atoms with Crippen molar-refractivity contribution in [3.05, 3.63) is 54.9 Å². The van der Waals surface area contributed by atoms with Crippen molar-refractivity contribution in [3.8, 4) is 10.6 Å². The van der Waals surface area contributed by atoms with Crippen LogP contribution in [0.5, 0.6) is 0 Å². The zero-order valence-corrected chi connectivity index (χ0v) is 14.8. The normalized spacial score (nSPS) is 11.1. The van der Waals surface area contributed by atoms with Crippen LogP contribution in [-0.2, 0) is 14.8 Å². The van der Waals surface area contributed by atoms with E-state index in [1.165, 1.54) is 30.4 Å². The summed E-state index contributed by atoms with van der Waals surface area (Å²) >= 11 is 1.21. The quantitative estimate of drug-likeness (QED) is 0.715. The van der Waals surface area contributed by atoms with Gasteiger partial charge in [0, 0.05) is 19.3 Å². The number of hydrogen-bond donors (Lipinski definition) is 2.